The number of aromatic nitrogens is 4. The molecule has 3 aromatic heterocycles. The molecule has 0 saturated carbocycles. The van der Waals surface area contributed by atoms with Crippen molar-refractivity contribution in [3.63, 3.8) is 0 Å². The molecule has 6 heterocycles. The third-order valence-electron chi connectivity index (χ3n) is 14.2. The molecule has 2 atom stereocenters. The molecule has 462 valence electrons. The maximum atomic E-state index is 13.1. The second-order valence-electron chi connectivity index (χ2n) is 21.7. The summed E-state index contributed by atoms with van der Waals surface area (Å²) < 4.78 is 27.3. The number of nitrogens with zero attached hydrogens (tertiary/aromatic N) is 7. The Balaban J connectivity index is 0.000000277. The largest absolute Gasteiger partial charge is 0.493 e. The normalized spacial score (nSPS) is 14.5. The third-order valence-corrected chi connectivity index (χ3v) is 14.2. The number of hydrogen-bond donors (Lipinski definition) is 4. The van der Waals surface area contributed by atoms with E-state index in [-0.39, 0.29) is 124 Å². The van der Waals surface area contributed by atoms with Gasteiger partial charge in [-0.2, -0.15) is 0 Å². The first-order chi connectivity index (χ1) is 41.0. The lowest BCUT2D eigenvalue weighted by atomic mass is 9.90. The van der Waals surface area contributed by atoms with Crippen LogP contribution in [0.2, 0.25) is 0 Å². The molecule has 1 aromatic carbocycles. The van der Waals surface area contributed by atoms with E-state index in [2.05, 4.69) is 37.8 Å². The highest BCUT2D eigenvalue weighted by atomic mass is 16.5. The van der Waals surface area contributed by atoms with Crippen molar-refractivity contribution < 1.29 is 66.9 Å². The number of carbonyl (C=O) groups excluding carboxylic acids is 10. The number of anilines is 3. The quantitative estimate of drug-likeness (QED) is 0.0198. The lowest BCUT2D eigenvalue weighted by Crippen LogP contribution is -2.35. The number of aliphatic imine (C=N–C) groups is 1. The molecule has 4 N–H and O–H groups in total. The smallest absolute Gasteiger partial charge is 0.309 e. The SMILES string of the molecule is C=C1C[C@H]2C=Nc3cc(OCCCC(=O)Nc4cn(C)c(C(=O)Nc5cc(C)n(C)c5)n4)c(C)cc3C(=O)N2C1.CC(=O)Nc1cc(C(=O)NCCCOC(=O)[C@@H](CC(=O)CCOCCOCCCC(=O)CCN2C(=O)C=CC2=O)C(C)C)n(C)c1. The Hall–Kier alpha value is -8.84. The van der Waals surface area contributed by atoms with Crippen molar-refractivity contribution >= 4 is 88.0 Å². The molecule has 25 heteroatoms. The first kappa shape index (κ1) is 66.3. The number of esters is 1. The van der Waals surface area contributed by atoms with Crippen LogP contribution in [-0.2, 0) is 68.9 Å². The number of ether oxygens (including phenoxy) is 4. The van der Waals surface area contributed by atoms with Crippen LogP contribution in [0.5, 0.6) is 5.75 Å². The Morgan fingerprint density at radius 2 is 1.43 bits per heavy atom. The van der Waals surface area contributed by atoms with E-state index in [0.717, 1.165) is 28.2 Å². The molecule has 1 fully saturated rings. The third kappa shape index (κ3) is 19.6. The summed E-state index contributed by atoms with van der Waals surface area (Å²) in [4.78, 5) is 134. The molecular weight excluding hydrogens is 1110 g/mol. The topological polar surface area (TPSA) is 302 Å². The Morgan fingerprint density at radius 1 is 0.733 bits per heavy atom. The van der Waals surface area contributed by atoms with Gasteiger partial charge >= 0.3 is 5.97 Å². The van der Waals surface area contributed by atoms with Crippen molar-refractivity contribution in [2.75, 3.05) is 75.2 Å². The summed E-state index contributed by atoms with van der Waals surface area (Å²) in [5, 5.41) is 10.9. The summed E-state index contributed by atoms with van der Waals surface area (Å²) in [5.41, 5.74) is 5.58. The lowest BCUT2D eigenvalue weighted by molar-refractivity contribution is -0.152. The van der Waals surface area contributed by atoms with Crippen molar-refractivity contribution in [3.05, 3.63) is 95.5 Å². The highest BCUT2D eigenvalue weighted by molar-refractivity contribution is 6.13. The van der Waals surface area contributed by atoms with Gasteiger partial charge in [-0.25, -0.2) is 4.98 Å². The Morgan fingerprint density at radius 3 is 2.13 bits per heavy atom. The molecule has 3 aliphatic rings. The first-order valence-corrected chi connectivity index (χ1v) is 28.7. The van der Waals surface area contributed by atoms with E-state index in [0.29, 0.717) is 85.5 Å². The fraction of sp³-hybridized carbons (Fsp3) is 0.475. The maximum absolute atomic E-state index is 13.1. The summed E-state index contributed by atoms with van der Waals surface area (Å²) in [6.07, 6.45) is 12.1. The highest BCUT2D eigenvalue weighted by Crippen LogP contribution is 2.35. The van der Waals surface area contributed by atoms with Gasteiger partial charge in [0.25, 0.3) is 29.5 Å². The summed E-state index contributed by atoms with van der Waals surface area (Å²) in [6.45, 7) is 15.4. The monoisotopic (exact) mass is 1190 g/mol. The fourth-order valence-corrected chi connectivity index (χ4v) is 9.44. The van der Waals surface area contributed by atoms with E-state index < -0.39 is 23.7 Å². The first-order valence-electron chi connectivity index (χ1n) is 28.7. The number of imidazole rings is 1. The number of hydrogen-bond acceptors (Lipinski definition) is 16. The van der Waals surface area contributed by atoms with Gasteiger partial charge in [0.15, 0.2) is 5.82 Å². The molecule has 86 heavy (non-hydrogen) atoms. The van der Waals surface area contributed by atoms with Crippen LogP contribution in [0.4, 0.5) is 22.9 Å². The zero-order chi connectivity index (χ0) is 62.6. The molecule has 0 unspecified atom stereocenters. The Bertz CT molecular complexity index is 3200. The van der Waals surface area contributed by atoms with Crippen LogP contribution < -0.4 is 26.0 Å². The van der Waals surface area contributed by atoms with Gasteiger partial charge in [0, 0.05) is 135 Å². The van der Waals surface area contributed by atoms with E-state index in [1.165, 1.54) is 19.1 Å². The van der Waals surface area contributed by atoms with E-state index in [1.807, 2.05) is 57.6 Å². The molecule has 0 spiro atoms. The minimum absolute atomic E-state index is 0.0435. The Labute approximate surface area is 499 Å². The van der Waals surface area contributed by atoms with Crippen molar-refractivity contribution in [1.29, 1.82) is 0 Å². The minimum atomic E-state index is -0.586. The second kappa shape index (κ2) is 31.9. The predicted molar refractivity (Wildman–Crippen MR) is 319 cm³/mol. The molecule has 3 aliphatic heterocycles. The van der Waals surface area contributed by atoms with Crippen LogP contribution in [0.3, 0.4) is 0 Å². The molecule has 0 radical (unpaired) electrons. The van der Waals surface area contributed by atoms with Gasteiger partial charge in [-0.1, -0.05) is 26.0 Å². The van der Waals surface area contributed by atoms with Gasteiger partial charge in [-0.3, -0.25) is 57.8 Å². The van der Waals surface area contributed by atoms with E-state index >= 15 is 0 Å². The van der Waals surface area contributed by atoms with Gasteiger partial charge < -0.3 is 58.8 Å². The predicted octanol–water partition coefficient (Wildman–Crippen LogP) is 5.88. The lowest BCUT2D eigenvalue weighted by Gasteiger charge is -2.20. The van der Waals surface area contributed by atoms with Gasteiger partial charge in [-0.05, 0) is 69.2 Å². The number of amides is 7. The number of nitrogens with one attached hydrogen (secondary N) is 4. The van der Waals surface area contributed by atoms with Crippen LogP contribution >= 0.6 is 0 Å². The zero-order valence-electron chi connectivity index (χ0n) is 50.3. The van der Waals surface area contributed by atoms with Gasteiger partial charge in [0.1, 0.15) is 23.0 Å². The van der Waals surface area contributed by atoms with Crippen LogP contribution in [-0.4, -0.2) is 159 Å². The van der Waals surface area contributed by atoms with Gasteiger partial charge in [0.2, 0.25) is 17.6 Å². The average molecular weight is 1190 g/mol. The number of rotatable bonds is 31. The van der Waals surface area contributed by atoms with Crippen LogP contribution in [0, 0.1) is 25.7 Å². The number of imide groups is 1. The van der Waals surface area contributed by atoms with E-state index in [4.69, 9.17) is 18.9 Å². The Kier molecular flexibility index (Phi) is 24.6. The number of fused-ring (bicyclic) bond motifs is 2. The fourth-order valence-electron chi connectivity index (χ4n) is 9.44. The summed E-state index contributed by atoms with van der Waals surface area (Å²) in [5.74, 6) is -2.20. The molecule has 1 saturated heterocycles. The van der Waals surface area contributed by atoms with Crippen LogP contribution in [0.1, 0.15) is 121 Å². The highest BCUT2D eigenvalue weighted by Gasteiger charge is 2.34. The standard InChI is InChI=1S/C32H46N4O10.C29H33N7O4/c1-22(2)27(32(43)46-15-6-12-33-31(42)28-19-24(21-35(28)4)34-23(3)37)20-26(39)11-16-45-18-17-44-14-5-7-25(38)10-13-36-29(40)8-9-30(36)41;1-17-9-21-13-30-23-12-24(18(2)10-22(23)29(39)36(21)14-17)40-8-6-7-26(37)32-25-16-35(5)27(33-25)28(38)31-20-11-19(3)34(4)15-20/h8-9,19,21-22,27H,5-7,10-18,20H2,1-4H3,(H,33,42)(H,34,37);10-13,15-16,21H,1,6-9,14H2,2-5H3,(H,31,38)(H,32,37)/t27-;21-/m00/s1. The molecule has 0 bridgehead atoms. The molecule has 7 amide bonds. The summed E-state index contributed by atoms with van der Waals surface area (Å²) >= 11 is 0. The molecular formula is C61H79N11O14. The number of benzene rings is 1. The van der Waals surface area contributed by atoms with Gasteiger partial charge in [0.05, 0.1) is 67.6 Å². The van der Waals surface area contributed by atoms with Crippen molar-refractivity contribution in [2.24, 2.45) is 38.0 Å². The summed E-state index contributed by atoms with van der Waals surface area (Å²) in [7, 11) is 5.29. The molecule has 7 rings (SSSR count). The maximum Gasteiger partial charge on any atom is 0.309 e. The average Bonchev–Trinajstić information content (AvgIpc) is 2.17. The van der Waals surface area contributed by atoms with Crippen molar-refractivity contribution in [3.8, 4) is 5.75 Å². The van der Waals surface area contributed by atoms with Gasteiger partial charge in [-0.15, -0.1) is 0 Å². The zero-order valence-corrected chi connectivity index (χ0v) is 50.3. The number of ketones is 2. The molecule has 4 aromatic rings. The van der Waals surface area contributed by atoms with E-state index in [1.54, 1.807) is 58.9 Å². The van der Waals surface area contributed by atoms with Crippen LogP contribution in [0.25, 0.3) is 0 Å². The number of Topliss-reactive ketones (excluding diaryl/α,β-unsaturated/α-hetero) is 2. The molecule has 0 aliphatic carbocycles. The van der Waals surface area contributed by atoms with E-state index in [9.17, 15) is 47.9 Å². The van der Waals surface area contributed by atoms with Crippen molar-refractivity contribution in [1.82, 2.24) is 33.8 Å². The summed E-state index contributed by atoms with van der Waals surface area (Å²) in [6, 6.07) is 6.97. The van der Waals surface area contributed by atoms with Crippen LogP contribution in [0.15, 0.2) is 72.2 Å². The number of aryl methyl sites for hydroxylation is 5. The minimum Gasteiger partial charge on any atom is -0.493 e. The van der Waals surface area contributed by atoms with Crippen molar-refractivity contribution in [2.45, 2.75) is 98.4 Å². The number of carbonyl (C=O) groups is 10. The second-order valence-corrected chi connectivity index (χ2v) is 21.7. The molecule has 25 nitrogen and oxygen atoms in total.